The minimum Gasteiger partial charge on any atom is -0.497 e. The number of amides is 1. The molecule has 2 rings (SSSR count). The van der Waals surface area contributed by atoms with Gasteiger partial charge in [-0.2, -0.15) is 0 Å². The van der Waals surface area contributed by atoms with E-state index in [1.165, 1.54) is 13.2 Å². The maximum Gasteiger partial charge on any atom is 0.264 e. The highest BCUT2D eigenvalue weighted by atomic mass is 35.5. The molecule has 0 aliphatic carbocycles. The Morgan fingerprint density at radius 2 is 1.81 bits per heavy atom. The molecule has 0 radical (unpaired) electrons. The van der Waals surface area contributed by atoms with Gasteiger partial charge in [0.2, 0.25) is 0 Å². The van der Waals surface area contributed by atoms with E-state index >= 15 is 0 Å². The summed E-state index contributed by atoms with van der Waals surface area (Å²) < 4.78 is 15.7. The van der Waals surface area contributed by atoms with Gasteiger partial charge in [-0.05, 0) is 42.5 Å². The molecule has 6 nitrogen and oxygen atoms in total. The van der Waals surface area contributed by atoms with Gasteiger partial charge in [-0.1, -0.05) is 23.2 Å². The zero-order valence-electron chi connectivity index (χ0n) is 14.0. The van der Waals surface area contributed by atoms with Crippen molar-refractivity contribution in [2.75, 3.05) is 26.1 Å². The quantitative estimate of drug-likeness (QED) is 0.698. The first kappa shape index (κ1) is 20.1. The summed E-state index contributed by atoms with van der Waals surface area (Å²) >= 11 is 16.9. The number of carbonyl (C=O) groups excluding carboxylic acids is 1. The smallest absolute Gasteiger partial charge is 0.264 e. The third kappa shape index (κ3) is 5.66. The summed E-state index contributed by atoms with van der Waals surface area (Å²) in [4.78, 5) is 12.0. The van der Waals surface area contributed by atoms with Crippen molar-refractivity contribution in [1.29, 1.82) is 0 Å². The Labute approximate surface area is 166 Å². The summed E-state index contributed by atoms with van der Waals surface area (Å²) in [6.07, 6.45) is 0. The average Bonchev–Trinajstić information content (AvgIpc) is 2.60. The predicted octanol–water partition coefficient (Wildman–Crippen LogP) is 3.90. The molecule has 0 aliphatic heterocycles. The van der Waals surface area contributed by atoms with Crippen LogP contribution in [0.5, 0.6) is 17.2 Å². The maximum atomic E-state index is 12.0. The van der Waals surface area contributed by atoms with Gasteiger partial charge < -0.3 is 19.5 Å². The number of halogens is 2. The van der Waals surface area contributed by atoms with Gasteiger partial charge in [-0.15, -0.1) is 0 Å². The molecule has 0 saturated heterocycles. The van der Waals surface area contributed by atoms with E-state index in [1.54, 1.807) is 37.4 Å². The third-order valence-corrected chi connectivity index (χ3v) is 3.90. The maximum absolute atomic E-state index is 12.0. The minimum absolute atomic E-state index is 0.0901. The van der Waals surface area contributed by atoms with Crippen LogP contribution in [0.4, 0.5) is 5.69 Å². The van der Waals surface area contributed by atoms with E-state index in [2.05, 4.69) is 10.6 Å². The van der Waals surface area contributed by atoms with Gasteiger partial charge in [0.05, 0.1) is 24.9 Å². The highest BCUT2D eigenvalue weighted by Crippen LogP contribution is 2.29. The van der Waals surface area contributed by atoms with E-state index in [0.29, 0.717) is 33.0 Å². The van der Waals surface area contributed by atoms with Crippen LogP contribution in [-0.2, 0) is 4.79 Å². The Balaban J connectivity index is 1.92. The molecule has 0 unspecified atom stereocenters. The lowest BCUT2D eigenvalue weighted by Gasteiger charge is -2.14. The number of thiocarbonyl (C=S) groups is 1. The van der Waals surface area contributed by atoms with E-state index in [0.717, 1.165) is 0 Å². The molecule has 0 spiro atoms. The molecule has 2 aromatic carbocycles. The van der Waals surface area contributed by atoms with Crippen molar-refractivity contribution in [2.24, 2.45) is 0 Å². The number of hydrogen-bond donors (Lipinski definition) is 2. The Hall–Kier alpha value is -2.22. The molecule has 0 atom stereocenters. The lowest BCUT2D eigenvalue weighted by atomic mass is 10.2. The van der Waals surface area contributed by atoms with Crippen LogP contribution in [0.15, 0.2) is 36.4 Å². The molecule has 0 heterocycles. The van der Waals surface area contributed by atoms with Crippen LogP contribution in [-0.4, -0.2) is 31.8 Å². The summed E-state index contributed by atoms with van der Waals surface area (Å²) in [5.41, 5.74) is 0.554. The summed E-state index contributed by atoms with van der Waals surface area (Å²) in [5, 5.41) is 6.27. The van der Waals surface area contributed by atoms with Crippen LogP contribution in [0.3, 0.4) is 0 Å². The van der Waals surface area contributed by atoms with Crippen molar-refractivity contribution >= 4 is 52.1 Å². The van der Waals surface area contributed by atoms with Gasteiger partial charge in [0.15, 0.2) is 11.7 Å². The van der Waals surface area contributed by atoms with Gasteiger partial charge >= 0.3 is 0 Å². The van der Waals surface area contributed by atoms with Gasteiger partial charge in [0.25, 0.3) is 5.91 Å². The highest BCUT2D eigenvalue weighted by molar-refractivity contribution is 7.80. The fourth-order valence-electron chi connectivity index (χ4n) is 1.96. The second-order valence-electron chi connectivity index (χ2n) is 4.93. The fraction of sp³-hybridized carbons (Fsp3) is 0.176. The van der Waals surface area contributed by atoms with Crippen LogP contribution in [0, 0.1) is 0 Å². The molecule has 138 valence electrons. The standard InChI is InChI=1S/C17H16Cl2N2O4S/c1-23-11-4-6-15(24-2)13(8-11)20-17(26)21-16(22)9-25-14-5-3-10(18)7-12(14)19/h3-8H,9H2,1-2H3,(H2,20,21,22,26). The van der Waals surface area contributed by atoms with Gasteiger partial charge in [0.1, 0.15) is 17.2 Å². The molecule has 26 heavy (non-hydrogen) atoms. The van der Waals surface area contributed by atoms with Crippen molar-refractivity contribution in [2.45, 2.75) is 0 Å². The largest absolute Gasteiger partial charge is 0.497 e. The Kier molecular flexibility index (Phi) is 7.32. The monoisotopic (exact) mass is 414 g/mol. The van der Waals surface area contributed by atoms with E-state index in [4.69, 9.17) is 49.6 Å². The number of hydrogen-bond acceptors (Lipinski definition) is 5. The van der Waals surface area contributed by atoms with Crippen LogP contribution >= 0.6 is 35.4 Å². The first-order chi connectivity index (χ1) is 12.4. The lowest BCUT2D eigenvalue weighted by molar-refractivity contribution is -0.121. The first-order valence-corrected chi connectivity index (χ1v) is 8.50. The molecule has 0 bridgehead atoms. The molecule has 2 N–H and O–H groups in total. The molecule has 0 aliphatic rings. The Bertz CT molecular complexity index is 817. The molecule has 1 amide bonds. The number of ether oxygens (including phenoxy) is 3. The SMILES string of the molecule is COc1ccc(OC)c(NC(=S)NC(=O)COc2ccc(Cl)cc2Cl)c1. The fourth-order valence-corrected chi connectivity index (χ4v) is 2.65. The molecule has 0 saturated carbocycles. The van der Waals surface area contributed by atoms with Gasteiger partial charge in [-0.3, -0.25) is 10.1 Å². The number of rotatable bonds is 6. The summed E-state index contributed by atoms with van der Waals surface area (Å²) in [7, 11) is 3.07. The van der Waals surface area contributed by atoms with Gasteiger partial charge in [-0.25, -0.2) is 0 Å². The van der Waals surface area contributed by atoms with Crippen molar-refractivity contribution in [1.82, 2.24) is 5.32 Å². The number of anilines is 1. The second kappa shape index (κ2) is 9.47. The van der Waals surface area contributed by atoms with Crippen molar-refractivity contribution in [3.05, 3.63) is 46.4 Å². The zero-order chi connectivity index (χ0) is 19.1. The lowest BCUT2D eigenvalue weighted by Crippen LogP contribution is -2.37. The van der Waals surface area contributed by atoms with E-state index in [1.807, 2.05) is 0 Å². The number of carbonyl (C=O) groups is 1. The van der Waals surface area contributed by atoms with Gasteiger partial charge in [0, 0.05) is 11.1 Å². The van der Waals surface area contributed by atoms with E-state index in [-0.39, 0.29) is 11.7 Å². The third-order valence-electron chi connectivity index (χ3n) is 3.16. The number of methoxy groups -OCH3 is 2. The normalized spacial score (nSPS) is 10.0. The Morgan fingerprint density at radius 3 is 2.46 bits per heavy atom. The van der Waals surface area contributed by atoms with Crippen molar-refractivity contribution in [3.8, 4) is 17.2 Å². The van der Waals surface area contributed by atoms with Crippen LogP contribution in [0.1, 0.15) is 0 Å². The highest BCUT2D eigenvalue weighted by Gasteiger charge is 2.11. The van der Waals surface area contributed by atoms with Crippen LogP contribution in [0.25, 0.3) is 0 Å². The minimum atomic E-state index is -0.449. The van der Waals surface area contributed by atoms with Crippen molar-refractivity contribution < 1.29 is 19.0 Å². The molecule has 0 fully saturated rings. The molecular formula is C17H16Cl2N2O4S. The molecule has 2 aromatic rings. The molecule has 0 aromatic heterocycles. The summed E-state index contributed by atoms with van der Waals surface area (Å²) in [6, 6.07) is 9.88. The average molecular weight is 415 g/mol. The second-order valence-corrected chi connectivity index (χ2v) is 6.18. The summed E-state index contributed by atoms with van der Waals surface area (Å²) in [5.74, 6) is 1.06. The predicted molar refractivity (Wildman–Crippen MR) is 106 cm³/mol. The first-order valence-electron chi connectivity index (χ1n) is 7.33. The van der Waals surface area contributed by atoms with Crippen LogP contribution < -0.4 is 24.8 Å². The zero-order valence-corrected chi connectivity index (χ0v) is 16.3. The molecule has 9 heteroatoms. The van der Waals surface area contributed by atoms with Crippen molar-refractivity contribution in [3.63, 3.8) is 0 Å². The topological polar surface area (TPSA) is 68.8 Å². The summed E-state index contributed by atoms with van der Waals surface area (Å²) in [6.45, 7) is -0.265. The van der Waals surface area contributed by atoms with Crippen LogP contribution in [0.2, 0.25) is 10.0 Å². The Morgan fingerprint density at radius 1 is 1.08 bits per heavy atom. The van der Waals surface area contributed by atoms with E-state index < -0.39 is 5.91 Å². The molecular weight excluding hydrogens is 399 g/mol. The van der Waals surface area contributed by atoms with E-state index in [9.17, 15) is 4.79 Å². The number of nitrogens with one attached hydrogen (secondary N) is 2. The number of benzene rings is 2.